The lowest BCUT2D eigenvalue weighted by molar-refractivity contribution is -0.135. The molecule has 11 nitrogen and oxygen atoms in total. The molecule has 0 saturated heterocycles. The summed E-state index contributed by atoms with van der Waals surface area (Å²) in [7, 11) is 1.48. The minimum atomic E-state index is -0.467. The molecular weight excluding hydrogens is 466 g/mol. The standard InChI is InChI=1S/C22H18ClN5O6/c1-31-16-6-3-13(23)9-15(16)24-19(29)10-28-20(30)7-4-14(26-28)22-25-21(27-34-22)12-2-5-17-18(8-12)33-11-32-17/h2-3,5-6,8-9H,4,7,10-11H2,1H3,(H,24,29). The smallest absolute Gasteiger partial charge is 0.274 e. The van der Waals surface area contributed by atoms with Crippen molar-refractivity contribution in [3.63, 3.8) is 0 Å². The number of carbonyl (C=O) groups excluding carboxylic acids is 2. The van der Waals surface area contributed by atoms with Crippen LogP contribution in [0.5, 0.6) is 17.2 Å². The van der Waals surface area contributed by atoms with Crippen LogP contribution < -0.4 is 19.5 Å². The fourth-order valence-corrected chi connectivity index (χ4v) is 3.65. The zero-order valence-corrected chi connectivity index (χ0v) is 18.7. The van der Waals surface area contributed by atoms with E-state index in [0.717, 1.165) is 5.01 Å². The maximum atomic E-state index is 12.6. The van der Waals surface area contributed by atoms with Crippen LogP contribution in [0.15, 0.2) is 46.0 Å². The number of hydrazone groups is 1. The first-order valence-corrected chi connectivity index (χ1v) is 10.6. The Kier molecular flexibility index (Phi) is 5.76. The number of methoxy groups -OCH3 is 1. The number of carbonyl (C=O) groups is 2. The van der Waals surface area contributed by atoms with Crippen molar-refractivity contribution < 1.29 is 28.3 Å². The number of nitrogens with zero attached hydrogens (tertiary/aromatic N) is 4. The monoisotopic (exact) mass is 483 g/mol. The summed E-state index contributed by atoms with van der Waals surface area (Å²) in [5.41, 5.74) is 1.48. The highest BCUT2D eigenvalue weighted by Gasteiger charge is 2.27. The van der Waals surface area contributed by atoms with Crippen molar-refractivity contribution in [2.75, 3.05) is 25.8 Å². The number of amides is 2. The number of hydrogen-bond acceptors (Lipinski definition) is 9. The molecule has 0 saturated carbocycles. The molecule has 1 N–H and O–H groups in total. The van der Waals surface area contributed by atoms with Crippen LogP contribution in [-0.2, 0) is 9.59 Å². The third-order valence-corrected chi connectivity index (χ3v) is 5.37. The van der Waals surface area contributed by atoms with Gasteiger partial charge < -0.3 is 24.1 Å². The van der Waals surface area contributed by atoms with E-state index >= 15 is 0 Å². The lowest BCUT2D eigenvalue weighted by Crippen LogP contribution is -2.38. The largest absolute Gasteiger partial charge is 0.495 e. The Bertz CT molecular complexity index is 1310. The molecule has 2 aromatic carbocycles. The molecule has 5 rings (SSSR count). The summed E-state index contributed by atoms with van der Waals surface area (Å²) in [6.45, 7) is -0.143. The Morgan fingerprint density at radius 3 is 2.88 bits per heavy atom. The lowest BCUT2D eigenvalue weighted by Gasteiger charge is -2.22. The summed E-state index contributed by atoms with van der Waals surface area (Å²) in [6.07, 6.45) is 0.455. The molecule has 174 valence electrons. The molecule has 12 heteroatoms. The van der Waals surface area contributed by atoms with E-state index in [1.807, 2.05) is 0 Å². The Hall–Kier alpha value is -4.12. The van der Waals surface area contributed by atoms with Crippen LogP contribution in [0.25, 0.3) is 11.4 Å². The third kappa shape index (κ3) is 4.37. The van der Waals surface area contributed by atoms with Gasteiger partial charge in [-0.1, -0.05) is 16.8 Å². The first kappa shape index (κ1) is 21.7. The number of fused-ring (bicyclic) bond motifs is 1. The fraction of sp³-hybridized carbons (Fsp3) is 0.227. The van der Waals surface area contributed by atoms with Crippen LogP contribution in [0.3, 0.4) is 0 Å². The molecule has 0 fully saturated rings. The van der Waals surface area contributed by atoms with E-state index in [4.69, 9.17) is 30.3 Å². The van der Waals surface area contributed by atoms with Gasteiger partial charge in [-0.2, -0.15) is 10.1 Å². The second-order valence-electron chi connectivity index (χ2n) is 7.38. The molecule has 1 aromatic heterocycles. The van der Waals surface area contributed by atoms with Crippen molar-refractivity contribution in [1.29, 1.82) is 0 Å². The van der Waals surface area contributed by atoms with Crippen molar-refractivity contribution >= 4 is 34.8 Å². The minimum absolute atomic E-state index is 0.147. The minimum Gasteiger partial charge on any atom is -0.495 e. The molecule has 0 radical (unpaired) electrons. The maximum Gasteiger partial charge on any atom is 0.274 e. The van der Waals surface area contributed by atoms with Crippen LogP contribution in [0.1, 0.15) is 18.7 Å². The van der Waals surface area contributed by atoms with Crippen molar-refractivity contribution in [2.24, 2.45) is 5.10 Å². The average Bonchev–Trinajstić information content (AvgIpc) is 3.50. The fourth-order valence-electron chi connectivity index (χ4n) is 3.48. The summed E-state index contributed by atoms with van der Waals surface area (Å²) >= 11 is 6.00. The van der Waals surface area contributed by atoms with Gasteiger partial charge in [-0.15, -0.1) is 0 Å². The zero-order chi connectivity index (χ0) is 23.7. The number of ether oxygens (including phenoxy) is 3. The van der Waals surface area contributed by atoms with Gasteiger partial charge in [0.25, 0.3) is 5.89 Å². The summed E-state index contributed by atoms with van der Waals surface area (Å²) in [4.78, 5) is 29.4. The Morgan fingerprint density at radius 2 is 2.03 bits per heavy atom. The molecule has 0 bridgehead atoms. The van der Waals surface area contributed by atoms with Gasteiger partial charge in [0.05, 0.1) is 12.8 Å². The summed E-state index contributed by atoms with van der Waals surface area (Å²) in [5, 5.41) is 12.5. The molecule has 34 heavy (non-hydrogen) atoms. The summed E-state index contributed by atoms with van der Waals surface area (Å²) in [5.74, 6) is 1.42. The number of halogens is 1. The number of nitrogens with one attached hydrogen (secondary N) is 1. The first-order valence-electron chi connectivity index (χ1n) is 10.3. The highest BCUT2D eigenvalue weighted by molar-refractivity contribution is 6.31. The van der Waals surface area contributed by atoms with Crippen LogP contribution in [0.2, 0.25) is 5.02 Å². The topological polar surface area (TPSA) is 128 Å². The molecule has 0 unspecified atom stereocenters. The van der Waals surface area contributed by atoms with Gasteiger partial charge in [0.15, 0.2) is 11.5 Å². The SMILES string of the molecule is COc1ccc(Cl)cc1NC(=O)CN1N=C(c2nc(-c3ccc4c(c3)OCO4)no2)CCC1=O. The normalized spacial score (nSPS) is 14.7. The van der Waals surface area contributed by atoms with Gasteiger partial charge in [-0.05, 0) is 36.4 Å². The van der Waals surface area contributed by atoms with Gasteiger partial charge in [0.2, 0.25) is 24.4 Å². The molecule has 0 atom stereocenters. The van der Waals surface area contributed by atoms with E-state index in [-0.39, 0.29) is 31.6 Å². The van der Waals surface area contributed by atoms with E-state index in [9.17, 15) is 9.59 Å². The Balaban J connectivity index is 1.31. The van der Waals surface area contributed by atoms with Gasteiger partial charge in [-0.25, -0.2) is 5.01 Å². The van der Waals surface area contributed by atoms with Crippen LogP contribution in [0.4, 0.5) is 5.69 Å². The molecule has 3 heterocycles. The molecule has 2 aliphatic rings. The lowest BCUT2D eigenvalue weighted by atomic mass is 10.1. The summed E-state index contributed by atoms with van der Waals surface area (Å²) < 4.78 is 21.3. The molecule has 2 amide bonds. The van der Waals surface area contributed by atoms with E-state index in [1.54, 1.807) is 36.4 Å². The van der Waals surface area contributed by atoms with Gasteiger partial charge in [0.1, 0.15) is 18.0 Å². The van der Waals surface area contributed by atoms with Crippen molar-refractivity contribution in [2.45, 2.75) is 12.8 Å². The number of rotatable bonds is 6. The predicted molar refractivity (Wildman–Crippen MR) is 120 cm³/mol. The Morgan fingerprint density at radius 1 is 1.18 bits per heavy atom. The number of benzene rings is 2. The van der Waals surface area contributed by atoms with E-state index in [1.165, 1.54) is 7.11 Å². The van der Waals surface area contributed by atoms with Crippen molar-refractivity contribution in [3.05, 3.63) is 47.3 Å². The number of hydrogen-bond donors (Lipinski definition) is 1. The third-order valence-electron chi connectivity index (χ3n) is 5.14. The second kappa shape index (κ2) is 9.02. The van der Waals surface area contributed by atoms with Gasteiger partial charge in [0, 0.05) is 23.4 Å². The van der Waals surface area contributed by atoms with E-state index in [2.05, 4.69) is 20.6 Å². The molecule has 0 aliphatic carbocycles. The van der Waals surface area contributed by atoms with Gasteiger partial charge in [-0.3, -0.25) is 9.59 Å². The molecule has 3 aromatic rings. The van der Waals surface area contributed by atoms with Crippen molar-refractivity contribution in [3.8, 4) is 28.6 Å². The highest BCUT2D eigenvalue weighted by Crippen LogP contribution is 2.35. The number of aromatic nitrogens is 2. The Labute approximate surface area is 198 Å². The predicted octanol–water partition coefficient (Wildman–Crippen LogP) is 3.09. The molecule has 2 aliphatic heterocycles. The van der Waals surface area contributed by atoms with Crippen LogP contribution >= 0.6 is 11.6 Å². The first-order chi connectivity index (χ1) is 16.5. The maximum absolute atomic E-state index is 12.6. The van der Waals surface area contributed by atoms with Crippen molar-refractivity contribution in [1.82, 2.24) is 15.1 Å². The summed E-state index contributed by atoms with van der Waals surface area (Å²) in [6, 6.07) is 10.1. The number of anilines is 1. The molecule has 0 spiro atoms. The van der Waals surface area contributed by atoms with Gasteiger partial charge >= 0.3 is 0 Å². The highest BCUT2D eigenvalue weighted by atomic mass is 35.5. The van der Waals surface area contributed by atoms with E-state index < -0.39 is 5.91 Å². The quantitative estimate of drug-likeness (QED) is 0.566. The van der Waals surface area contributed by atoms with Crippen LogP contribution in [-0.4, -0.2) is 53.1 Å². The molecular formula is C22H18ClN5O6. The zero-order valence-electron chi connectivity index (χ0n) is 17.9. The van der Waals surface area contributed by atoms with Crippen LogP contribution in [0, 0.1) is 0 Å². The van der Waals surface area contributed by atoms with E-state index in [0.29, 0.717) is 51.5 Å². The average molecular weight is 484 g/mol. The second-order valence-corrected chi connectivity index (χ2v) is 7.82.